The molecule has 0 aliphatic rings. The molecule has 14 heavy (non-hydrogen) atoms. The molecule has 0 radical (unpaired) electrons. The Morgan fingerprint density at radius 1 is 1.57 bits per heavy atom. The van der Waals surface area contributed by atoms with Gasteiger partial charge in [0.1, 0.15) is 0 Å². The zero-order valence-electron chi connectivity index (χ0n) is 8.45. The van der Waals surface area contributed by atoms with Crippen molar-refractivity contribution in [2.75, 3.05) is 13.2 Å². The van der Waals surface area contributed by atoms with Gasteiger partial charge in [-0.15, -0.1) is 0 Å². The highest BCUT2D eigenvalue weighted by Crippen LogP contribution is 1.81. The van der Waals surface area contributed by atoms with Crippen molar-refractivity contribution in [2.45, 2.75) is 20.3 Å². The van der Waals surface area contributed by atoms with Crippen LogP contribution in [0.25, 0.3) is 0 Å². The lowest BCUT2D eigenvalue weighted by Crippen LogP contribution is -1.94. The van der Waals surface area contributed by atoms with E-state index >= 15 is 0 Å². The molecular weight excluding hydrogens is 186 g/mol. The third-order valence-electron chi connectivity index (χ3n) is 0.863. The maximum atomic E-state index is 9.60. The molecule has 0 saturated heterocycles. The molecule has 0 unspecified atom stereocenters. The summed E-state index contributed by atoms with van der Waals surface area (Å²) in [7, 11) is 0. The summed E-state index contributed by atoms with van der Waals surface area (Å²) in [6.45, 7) is 7.33. The minimum atomic E-state index is -0.935. The molecule has 0 bridgehead atoms. The molecule has 0 atom stereocenters. The Hall–Kier alpha value is -1.38. The van der Waals surface area contributed by atoms with Crippen molar-refractivity contribution in [3.05, 3.63) is 12.2 Å². The van der Waals surface area contributed by atoms with Crippen LogP contribution in [0.15, 0.2) is 12.2 Å². The monoisotopic (exact) mass is 201 g/mol. The zero-order valence-corrected chi connectivity index (χ0v) is 8.45. The molecule has 0 aromatic carbocycles. The van der Waals surface area contributed by atoms with Crippen molar-refractivity contribution < 1.29 is 19.7 Å². The standard InChI is InChI=1S/C5H9NO2.C4H6O2/c1-2-7-8-5-3-4-6;1-3(2)4(5)6/h2-3,5H2,1H3;1H2,2H3,(H,5,6). The van der Waals surface area contributed by atoms with Crippen LogP contribution in [-0.2, 0) is 14.6 Å². The van der Waals surface area contributed by atoms with Gasteiger partial charge in [0, 0.05) is 5.57 Å². The van der Waals surface area contributed by atoms with Crippen molar-refractivity contribution >= 4 is 5.97 Å². The molecular formula is C9H15NO4. The second kappa shape index (κ2) is 11.6. The second-order valence-electron chi connectivity index (χ2n) is 2.22. The van der Waals surface area contributed by atoms with Gasteiger partial charge in [-0.3, -0.25) is 0 Å². The molecule has 5 heteroatoms. The number of nitrogens with zero attached hydrogens (tertiary/aromatic N) is 1. The van der Waals surface area contributed by atoms with E-state index in [1.54, 1.807) is 0 Å². The molecule has 5 nitrogen and oxygen atoms in total. The summed E-state index contributed by atoms with van der Waals surface area (Å²) in [4.78, 5) is 18.6. The van der Waals surface area contributed by atoms with Crippen molar-refractivity contribution in [2.24, 2.45) is 0 Å². The highest BCUT2D eigenvalue weighted by molar-refractivity contribution is 5.84. The predicted octanol–water partition coefficient (Wildman–Crippen LogP) is 1.52. The lowest BCUT2D eigenvalue weighted by atomic mass is 10.4. The molecule has 80 valence electrons. The van der Waals surface area contributed by atoms with Gasteiger partial charge in [-0.05, 0) is 13.8 Å². The average molecular weight is 201 g/mol. The largest absolute Gasteiger partial charge is 0.478 e. The van der Waals surface area contributed by atoms with Crippen molar-refractivity contribution in [3.63, 3.8) is 0 Å². The van der Waals surface area contributed by atoms with E-state index < -0.39 is 5.97 Å². The van der Waals surface area contributed by atoms with Gasteiger partial charge in [-0.2, -0.15) is 5.26 Å². The van der Waals surface area contributed by atoms with E-state index in [2.05, 4.69) is 16.4 Å². The minimum Gasteiger partial charge on any atom is -0.478 e. The average Bonchev–Trinajstić information content (AvgIpc) is 2.13. The molecule has 0 rings (SSSR count). The Bertz CT molecular complexity index is 195. The molecule has 0 amide bonds. The van der Waals surface area contributed by atoms with Gasteiger partial charge in [0.25, 0.3) is 0 Å². The van der Waals surface area contributed by atoms with E-state index in [9.17, 15) is 4.79 Å². The van der Waals surface area contributed by atoms with Crippen LogP contribution in [0, 0.1) is 11.3 Å². The molecule has 0 spiro atoms. The Morgan fingerprint density at radius 3 is 2.36 bits per heavy atom. The first-order valence-electron chi connectivity index (χ1n) is 4.06. The molecule has 1 N–H and O–H groups in total. The summed E-state index contributed by atoms with van der Waals surface area (Å²) < 4.78 is 0. The maximum absolute atomic E-state index is 9.60. The molecule has 0 aromatic rings. The quantitative estimate of drug-likeness (QED) is 0.315. The first-order chi connectivity index (χ1) is 6.56. The number of nitriles is 1. The Morgan fingerprint density at radius 2 is 2.07 bits per heavy atom. The molecule has 0 heterocycles. The minimum absolute atomic E-state index is 0.176. The number of hydrogen-bond donors (Lipinski definition) is 1. The molecule has 0 fully saturated rings. The highest BCUT2D eigenvalue weighted by atomic mass is 17.2. The number of hydrogen-bond acceptors (Lipinski definition) is 4. The Balaban J connectivity index is 0. The fraction of sp³-hybridized carbons (Fsp3) is 0.556. The molecule has 0 aliphatic heterocycles. The van der Waals surface area contributed by atoms with Crippen LogP contribution in [0.1, 0.15) is 20.3 Å². The fourth-order valence-corrected chi connectivity index (χ4v) is 0.230. The van der Waals surface area contributed by atoms with Crippen molar-refractivity contribution in [1.29, 1.82) is 5.26 Å². The number of carbonyl (C=O) groups is 1. The lowest BCUT2D eigenvalue weighted by Gasteiger charge is -1.94. The number of carboxylic acids is 1. The number of aliphatic carboxylic acids is 1. The Labute approximate surface area is 83.5 Å². The maximum Gasteiger partial charge on any atom is 0.330 e. The first-order valence-corrected chi connectivity index (χ1v) is 4.06. The van der Waals surface area contributed by atoms with Crippen LogP contribution in [-0.4, -0.2) is 24.3 Å². The van der Waals surface area contributed by atoms with Crippen LogP contribution >= 0.6 is 0 Å². The van der Waals surface area contributed by atoms with Gasteiger partial charge in [0.05, 0.1) is 25.7 Å². The SMILES string of the molecule is C=C(C)C(=O)O.CCOOCCC#N. The summed E-state index contributed by atoms with van der Waals surface area (Å²) in [5, 5.41) is 15.9. The van der Waals surface area contributed by atoms with Crippen molar-refractivity contribution in [3.8, 4) is 6.07 Å². The second-order valence-corrected chi connectivity index (χ2v) is 2.22. The van der Waals surface area contributed by atoms with E-state index in [0.29, 0.717) is 19.6 Å². The van der Waals surface area contributed by atoms with Crippen LogP contribution in [0.2, 0.25) is 0 Å². The third-order valence-corrected chi connectivity index (χ3v) is 0.863. The third kappa shape index (κ3) is 16.9. The van der Waals surface area contributed by atoms with E-state index in [1.807, 2.05) is 13.0 Å². The van der Waals surface area contributed by atoms with Gasteiger partial charge in [0.15, 0.2) is 0 Å². The van der Waals surface area contributed by atoms with E-state index in [1.165, 1.54) is 6.92 Å². The van der Waals surface area contributed by atoms with Crippen LogP contribution in [0.4, 0.5) is 0 Å². The molecule has 0 aromatic heterocycles. The predicted molar refractivity (Wildman–Crippen MR) is 50.3 cm³/mol. The van der Waals surface area contributed by atoms with Gasteiger partial charge in [0.2, 0.25) is 0 Å². The van der Waals surface area contributed by atoms with Crippen LogP contribution in [0.3, 0.4) is 0 Å². The molecule has 0 aliphatic carbocycles. The summed E-state index contributed by atoms with van der Waals surface area (Å²) in [6.07, 6.45) is 0.389. The summed E-state index contributed by atoms with van der Waals surface area (Å²) >= 11 is 0. The van der Waals surface area contributed by atoms with E-state index in [-0.39, 0.29) is 5.57 Å². The Kier molecular flexibility index (Phi) is 12.5. The van der Waals surface area contributed by atoms with Gasteiger partial charge in [-0.1, -0.05) is 6.58 Å². The van der Waals surface area contributed by atoms with Crippen LogP contribution < -0.4 is 0 Å². The normalized spacial score (nSPS) is 8.07. The van der Waals surface area contributed by atoms with Gasteiger partial charge < -0.3 is 5.11 Å². The summed E-state index contributed by atoms with van der Waals surface area (Å²) in [5.74, 6) is -0.935. The lowest BCUT2D eigenvalue weighted by molar-refractivity contribution is -0.289. The number of rotatable bonds is 5. The first kappa shape index (κ1) is 15.1. The van der Waals surface area contributed by atoms with Crippen molar-refractivity contribution in [1.82, 2.24) is 0 Å². The van der Waals surface area contributed by atoms with Crippen LogP contribution in [0.5, 0.6) is 0 Å². The summed E-state index contributed by atoms with van der Waals surface area (Å²) in [6, 6.07) is 1.92. The summed E-state index contributed by atoms with van der Waals surface area (Å²) in [5.41, 5.74) is 0.176. The van der Waals surface area contributed by atoms with E-state index in [4.69, 9.17) is 10.4 Å². The van der Waals surface area contributed by atoms with Gasteiger partial charge in [-0.25, -0.2) is 14.6 Å². The highest BCUT2D eigenvalue weighted by Gasteiger charge is 1.90. The fourth-order valence-electron chi connectivity index (χ4n) is 0.230. The zero-order chi connectivity index (χ0) is 11.4. The van der Waals surface area contributed by atoms with Gasteiger partial charge >= 0.3 is 5.97 Å². The number of carboxylic acid groups (broad SMARTS) is 1. The topological polar surface area (TPSA) is 79.6 Å². The smallest absolute Gasteiger partial charge is 0.330 e. The van der Waals surface area contributed by atoms with E-state index in [0.717, 1.165) is 0 Å². The molecule has 0 saturated carbocycles.